The van der Waals surface area contributed by atoms with E-state index in [1.807, 2.05) is 0 Å². The van der Waals surface area contributed by atoms with E-state index in [4.69, 9.17) is 11.6 Å². The van der Waals surface area contributed by atoms with Crippen LogP contribution < -0.4 is 5.32 Å². The molecule has 4 rings (SSSR count). The molecule has 110 valence electrons. The van der Waals surface area contributed by atoms with Gasteiger partial charge < -0.3 is 5.32 Å². The van der Waals surface area contributed by atoms with Crippen molar-refractivity contribution in [3.05, 3.63) is 40.5 Å². The van der Waals surface area contributed by atoms with Gasteiger partial charge in [-0.2, -0.15) is 0 Å². The lowest BCUT2D eigenvalue weighted by Gasteiger charge is -2.18. The molecule has 0 bridgehead atoms. The van der Waals surface area contributed by atoms with Crippen LogP contribution in [0.1, 0.15) is 11.1 Å². The van der Waals surface area contributed by atoms with Crippen molar-refractivity contribution in [1.29, 1.82) is 0 Å². The Bertz CT molecular complexity index is 673. The van der Waals surface area contributed by atoms with Gasteiger partial charge in [0.05, 0.1) is 5.52 Å². The molecule has 3 nitrogen and oxygen atoms in total. The number of aryl methyl sites for hydroxylation is 1. The Morgan fingerprint density at radius 3 is 2.76 bits per heavy atom. The molecule has 21 heavy (non-hydrogen) atoms. The molecular formula is C17H20ClN3. The van der Waals surface area contributed by atoms with Crippen LogP contribution in [0.25, 0.3) is 10.9 Å². The number of aromatic nitrogens is 1. The van der Waals surface area contributed by atoms with Gasteiger partial charge in [-0.15, -0.1) is 0 Å². The molecule has 0 aliphatic carbocycles. The molecule has 0 amide bonds. The van der Waals surface area contributed by atoms with Crippen molar-refractivity contribution >= 4 is 22.5 Å². The van der Waals surface area contributed by atoms with Crippen molar-refractivity contribution in [1.82, 2.24) is 15.2 Å². The van der Waals surface area contributed by atoms with Crippen LogP contribution in [0.15, 0.2) is 24.3 Å². The lowest BCUT2D eigenvalue weighted by molar-refractivity contribution is 0.305. The van der Waals surface area contributed by atoms with Gasteiger partial charge in [-0.1, -0.05) is 23.7 Å². The summed E-state index contributed by atoms with van der Waals surface area (Å²) in [4.78, 5) is 7.10. The Hall–Kier alpha value is -1.16. The highest BCUT2D eigenvalue weighted by molar-refractivity contribution is 6.30. The summed E-state index contributed by atoms with van der Waals surface area (Å²) in [7, 11) is 0. The molecule has 0 radical (unpaired) electrons. The molecule has 2 aliphatic heterocycles. The molecule has 2 aromatic rings. The number of halogens is 1. The smallest absolute Gasteiger partial charge is 0.134 e. The molecule has 1 N–H and O–H groups in total. The standard InChI is InChI=1S/C17H20ClN3/c1-11-2-3-12-5-13(17(18)20-16(12)4-11)8-21-9-14-6-19-7-15(14)10-21/h2-5,14-15,19H,6-10H2,1H3. The van der Waals surface area contributed by atoms with Crippen molar-refractivity contribution in [3.63, 3.8) is 0 Å². The lowest BCUT2D eigenvalue weighted by Crippen LogP contribution is -2.25. The third-order valence-electron chi connectivity index (χ3n) is 4.86. The van der Waals surface area contributed by atoms with Crippen molar-refractivity contribution in [2.24, 2.45) is 11.8 Å². The molecule has 1 aromatic heterocycles. The topological polar surface area (TPSA) is 28.2 Å². The maximum Gasteiger partial charge on any atom is 0.134 e. The van der Waals surface area contributed by atoms with Gasteiger partial charge in [0.25, 0.3) is 0 Å². The van der Waals surface area contributed by atoms with Crippen LogP contribution in [0.5, 0.6) is 0 Å². The van der Waals surface area contributed by atoms with Gasteiger partial charge in [-0.25, -0.2) is 4.98 Å². The second-order valence-electron chi connectivity index (χ2n) is 6.51. The number of rotatable bonds is 2. The first-order valence-corrected chi connectivity index (χ1v) is 8.06. The molecule has 0 saturated carbocycles. The average Bonchev–Trinajstić information content (AvgIpc) is 3.01. The third kappa shape index (κ3) is 2.54. The van der Waals surface area contributed by atoms with Crippen LogP contribution in [0.3, 0.4) is 0 Å². The number of hydrogen-bond donors (Lipinski definition) is 1. The minimum absolute atomic E-state index is 0.656. The number of benzene rings is 1. The largest absolute Gasteiger partial charge is 0.316 e. The molecule has 2 saturated heterocycles. The fraction of sp³-hybridized carbons (Fsp3) is 0.471. The maximum absolute atomic E-state index is 6.40. The van der Waals surface area contributed by atoms with Gasteiger partial charge in [0.15, 0.2) is 0 Å². The van der Waals surface area contributed by atoms with Crippen molar-refractivity contribution in [2.75, 3.05) is 26.2 Å². The Morgan fingerprint density at radius 2 is 2.00 bits per heavy atom. The predicted molar refractivity (Wildman–Crippen MR) is 86.6 cm³/mol. The summed E-state index contributed by atoms with van der Waals surface area (Å²) in [5.74, 6) is 1.64. The van der Waals surface area contributed by atoms with E-state index in [0.29, 0.717) is 5.15 Å². The number of fused-ring (bicyclic) bond motifs is 2. The van der Waals surface area contributed by atoms with E-state index in [9.17, 15) is 0 Å². The van der Waals surface area contributed by atoms with Gasteiger partial charge in [0.2, 0.25) is 0 Å². The number of likely N-dealkylation sites (tertiary alicyclic amines) is 1. The van der Waals surface area contributed by atoms with Crippen LogP contribution in [0.2, 0.25) is 5.15 Å². The SMILES string of the molecule is Cc1ccc2cc(CN3CC4CNCC4C3)c(Cl)nc2c1. The number of nitrogens with zero attached hydrogens (tertiary/aromatic N) is 2. The van der Waals surface area contributed by atoms with E-state index in [-0.39, 0.29) is 0 Å². The molecule has 1 aromatic carbocycles. The normalized spacial score (nSPS) is 25.6. The predicted octanol–water partition coefficient (Wildman–Crippen LogP) is 2.85. The molecule has 4 heteroatoms. The summed E-state index contributed by atoms with van der Waals surface area (Å²) < 4.78 is 0. The molecular weight excluding hydrogens is 282 g/mol. The number of nitrogens with one attached hydrogen (secondary N) is 1. The maximum atomic E-state index is 6.40. The number of hydrogen-bond acceptors (Lipinski definition) is 3. The van der Waals surface area contributed by atoms with Gasteiger partial charge in [0.1, 0.15) is 5.15 Å². The zero-order valence-electron chi connectivity index (χ0n) is 12.3. The fourth-order valence-corrected chi connectivity index (χ4v) is 3.94. The van der Waals surface area contributed by atoms with E-state index < -0.39 is 0 Å². The first-order valence-electron chi connectivity index (χ1n) is 7.68. The third-order valence-corrected chi connectivity index (χ3v) is 5.19. The molecule has 3 heterocycles. The van der Waals surface area contributed by atoms with Crippen LogP contribution in [-0.4, -0.2) is 36.1 Å². The summed E-state index contributed by atoms with van der Waals surface area (Å²) in [6.45, 7) is 7.71. The Kier molecular flexibility index (Phi) is 3.37. The minimum atomic E-state index is 0.656. The van der Waals surface area contributed by atoms with Crippen molar-refractivity contribution in [3.8, 4) is 0 Å². The minimum Gasteiger partial charge on any atom is -0.316 e. The zero-order valence-corrected chi connectivity index (χ0v) is 13.0. The first kappa shape index (κ1) is 13.5. The lowest BCUT2D eigenvalue weighted by atomic mass is 10.0. The van der Waals surface area contributed by atoms with Gasteiger partial charge >= 0.3 is 0 Å². The Labute approximate surface area is 130 Å². The number of pyridine rings is 1. The van der Waals surface area contributed by atoms with E-state index >= 15 is 0 Å². The second kappa shape index (κ2) is 5.24. The van der Waals surface area contributed by atoms with Crippen molar-refractivity contribution < 1.29 is 0 Å². The Morgan fingerprint density at radius 1 is 1.24 bits per heavy atom. The van der Waals surface area contributed by atoms with Gasteiger partial charge in [0, 0.05) is 30.6 Å². The highest BCUT2D eigenvalue weighted by Crippen LogP contribution is 2.29. The van der Waals surface area contributed by atoms with Gasteiger partial charge in [-0.05, 0) is 49.5 Å². The second-order valence-corrected chi connectivity index (χ2v) is 6.86. The van der Waals surface area contributed by atoms with E-state index in [2.05, 4.69) is 46.4 Å². The van der Waals surface area contributed by atoms with Crippen LogP contribution >= 0.6 is 11.6 Å². The summed E-state index contributed by atoms with van der Waals surface area (Å²) in [6, 6.07) is 8.57. The van der Waals surface area contributed by atoms with Crippen LogP contribution in [-0.2, 0) is 6.54 Å². The Balaban J connectivity index is 1.59. The van der Waals surface area contributed by atoms with E-state index in [1.54, 1.807) is 0 Å². The first-order chi connectivity index (χ1) is 10.2. The molecule has 2 atom stereocenters. The van der Waals surface area contributed by atoms with E-state index in [1.165, 1.54) is 37.1 Å². The summed E-state index contributed by atoms with van der Waals surface area (Å²) in [6.07, 6.45) is 0. The summed E-state index contributed by atoms with van der Waals surface area (Å²) in [5, 5.41) is 5.32. The monoisotopic (exact) mass is 301 g/mol. The van der Waals surface area contributed by atoms with Crippen molar-refractivity contribution in [2.45, 2.75) is 13.5 Å². The highest BCUT2D eigenvalue weighted by Gasteiger charge is 2.35. The highest BCUT2D eigenvalue weighted by atomic mass is 35.5. The van der Waals surface area contributed by atoms with Gasteiger partial charge in [-0.3, -0.25) is 4.90 Å². The average molecular weight is 302 g/mol. The summed E-state index contributed by atoms with van der Waals surface area (Å²) in [5.41, 5.74) is 3.37. The van der Waals surface area contributed by atoms with E-state index in [0.717, 1.165) is 29.5 Å². The summed E-state index contributed by atoms with van der Waals surface area (Å²) >= 11 is 6.40. The molecule has 2 unspecified atom stereocenters. The fourth-order valence-electron chi connectivity index (χ4n) is 3.73. The molecule has 0 spiro atoms. The quantitative estimate of drug-likeness (QED) is 0.865. The molecule has 2 aliphatic rings. The van der Waals surface area contributed by atoms with Crippen LogP contribution in [0, 0.1) is 18.8 Å². The zero-order chi connectivity index (χ0) is 14.4. The molecule has 2 fully saturated rings. The van der Waals surface area contributed by atoms with Crippen LogP contribution in [0.4, 0.5) is 0 Å².